The van der Waals surface area contributed by atoms with E-state index < -0.39 is 0 Å². The highest BCUT2D eigenvalue weighted by Gasteiger charge is 2.29. The highest BCUT2D eigenvalue weighted by Crippen LogP contribution is 2.36. The minimum absolute atomic E-state index is 0. The van der Waals surface area contributed by atoms with Crippen molar-refractivity contribution in [2.24, 2.45) is 4.99 Å². The van der Waals surface area contributed by atoms with Crippen LogP contribution in [0.3, 0.4) is 0 Å². The first kappa shape index (κ1) is 19.4. The Morgan fingerprint density at radius 2 is 2.21 bits per heavy atom. The zero-order valence-corrected chi connectivity index (χ0v) is 17.4. The van der Waals surface area contributed by atoms with Gasteiger partial charge in [-0.2, -0.15) is 11.8 Å². The van der Waals surface area contributed by atoms with Gasteiger partial charge >= 0.3 is 0 Å². The van der Waals surface area contributed by atoms with Crippen molar-refractivity contribution in [3.8, 4) is 0 Å². The van der Waals surface area contributed by atoms with Crippen LogP contribution in [-0.4, -0.2) is 46.1 Å². The number of hydrogen-bond acceptors (Lipinski definition) is 3. The third kappa shape index (κ3) is 4.78. The summed E-state index contributed by atoms with van der Waals surface area (Å²) >= 11 is 2.06. The lowest BCUT2D eigenvalue weighted by atomic mass is 10.1. The Bertz CT molecular complexity index is 678. The fourth-order valence-electron chi connectivity index (χ4n) is 2.95. The molecule has 24 heavy (non-hydrogen) atoms. The molecule has 7 heteroatoms. The van der Waals surface area contributed by atoms with Crippen LogP contribution in [0, 0.1) is 0 Å². The number of aromatic nitrogens is 2. The molecule has 0 saturated carbocycles. The number of thioether (sulfide) groups is 1. The SMILES string of the molecule is CN=C(NCCn1cnc2ccccc21)NCC1(C)CCCS1.I. The molecule has 1 aliphatic rings. The predicted octanol–water partition coefficient (Wildman–Crippen LogP) is 3.11. The van der Waals surface area contributed by atoms with Gasteiger partial charge in [0.1, 0.15) is 0 Å². The van der Waals surface area contributed by atoms with E-state index in [-0.39, 0.29) is 24.0 Å². The van der Waals surface area contributed by atoms with E-state index in [0.717, 1.165) is 31.1 Å². The van der Waals surface area contributed by atoms with Gasteiger partial charge in [0.15, 0.2) is 5.96 Å². The summed E-state index contributed by atoms with van der Waals surface area (Å²) in [5, 5.41) is 6.86. The molecular weight excluding hydrogens is 433 g/mol. The van der Waals surface area contributed by atoms with Crippen molar-refractivity contribution in [3.05, 3.63) is 30.6 Å². The number of rotatable bonds is 5. The number of nitrogens with zero attached hydrogens (tertiary/aromatic N) is 3. The quantitative estimate of drug-likeness (QED) is 0.410. The summed E-state index contributed by atoms with van der Waals surface area (Å²) < 4.78 is 2.52. The molecule has 2 aromatic rings. The fraction of sp³-hybridized carbons (Fsp3) is 0.529. The van der Waals surface area contributed by atoms with Gasteiger partial charge in [0.25, 0.3) is 0 Å². The maximum Gasteiger partial charge on any atom is 0.191 e. The molecule has 0 amide bonds. The Morgan fingerprint density at radius 3 is 2.96 bits per heavy atom. The largest absolute Gasteiger partial charge is 0.355 e. The minimum Gasteiger partial charge on any atom is -0.355 e. The Labute approximate surface area is 165 Å². The number of hydrogen-bond donors (Lipinski definition) is 2. The first-order chi connectivity index (χ1) is 11.2. The van der Waals surface area contributed by atoms with E-state index in [1.807, 2.05) is 31.6 Å². The molecule has 0 aliphatic carbocycles. The van der Waals surface area contributed by atoms with Gasteiger partial charge in [-0.05, 0) is 37.7 Å². The third-order valence-electron chi connectivity index (χ3n) is 4.33. The molecule has 1 aromatic heterocycles. The molecule has 1 unspecified atom stereocenters. The molecule has 1 atom stereocenters. The standard InChI is InChI=1S/C17H25N5S.HI/c1-17(8-5-11-23-17)12-20-16(18-2)19-9-10-22-13-21-14-6-3-4-7-15(14)22;/h3-4,6-7,13H,5,8-12H2,1-2H3,(H2,18,19,20);1H. The normalized spacial score (nSPS) is 20.8. The van der Waals surface area contributed by atoms with Crippen LogP contribution in [0.15, 0.2) is 35.6 Å². The van der Waals surface area contributed by atoms with Crippen molar-refractivity contribution in [2.45, 2.75) is 31.1 Å². The van der Waals surface area contributed by atoms with E-state index >= 15 is 0 Å². The first-order valence-corrected chi connectivity index (χ1v) is 9.17. The Hall–Kier alpha value is -0.960. The van der Waals surface area contributed by atoms with Gasteiger partial charge in [-0.25, -0.2) is 4.98 Å². The van der Waals surface area contributed by atoms with E-state index in [2.05, 4.69) is 49.9 Å². The highest BCUT2D eigenvalue weighted by atomic mass is 127. The molecular formula is C17H26IN5S. The van der Waals surface area contributed by atoms with Crippen LogP contribution in [-0.2, 0) is 6.54 Å². The molecule has 0 radical (unpaired) electrons. The van der Waals surface area contributed by atoms with Crippen molar-refractivity contribution < 1.29 is 0 Å². The summed E-state index contributed by atoms with van der Waals surface area (Å²) in [7, 11) is 1.83. The van der Waals surface area contributed by atoms with Gasteiger partial charge in [0.2, 0.25) is 0 Å². The predicted molar refractivity (Wildman–Crippen MR) is 115 cm³/mol. The van der Waals surface area contributed by atoms with Crippen molar-refractivity contribution in [1.29, 1.82) is 0 Å². The minimum atomic E-state index is 0. The molecule has 3 rings (SSSR count). The lowest BCUT2D eigenvalue weighted by Gasteiger charge is -2.24. The second-order valence-corrected chi connectivity index (χ2v) is 7.86. The van der Waals surface area contributed by atoms with Crippen LogP contribution >= 0.6 is 35.7 Å². The number of para-hydroxylation sites is 2. The van der Waals surface area contributed by atoms with E-state index in [1.54, 1.807) is 0 Å². The van der Waals surface area contributed by atoms with Crippen molar-refractivity contribution >= 4 is 52.7 Å². The van der Waals surface area contributed by atoms with Crippen LogP contribution in [0.5, 0.6) is 0 Å². The molecule has 1 aliphatic heterocycles. The van der Waals surface area contributed by atoms with Crippen molar-refractivity contribution in [3.63, 3.8) is 0 Å². The Kier molecular flexibility index (Phi) is 7.21. The van der Waals surface area contributed by atoms with Crippen LogP contribution < -0.4 is 10.6 Å². The van der Waals surface area contributed by atoms with Gasteiger partial charge in [-0.15, -0.1) is 24.0 Å². The van der Waals surface area contributed by atoms with E-state index in [0.29, 0.717) is 4.75 Å². The molecule has 0 bridgehead atoms. The Balaban J connectivity index is 0.00000208. The monoisotopic (exact) mass is 459 g/mol. The van der Waals surface area contributed by atoms with Gasteiger partial charge in [0, 0.05) is 31.4 Å². The summed E-state index contributed by atoms with van der Waals surface area (Å²) in [6.07, 6.45) is 4.50. The zero-order chi connectivity index (χ0) is 16.1. The summed E-state index contributed by atoms with van der Waals surface area (Å²) in [6, 6.07) is 8.22. The topological polar surface area (TPSA) is 54.2 Å². The van der Waals surface area contributed by atoms with Crippen LogP contribution in [0.1, 0.15) is 19.8 Å². The molecule has 132 valence electrons. The summed E-state index contributed by atoms with van der Waals surface area (Å²) in [6.45, 7) is 4.99. The number of imidazole rings is 1. The van der Waals surface area contributed by atoms with Crippen LogP contribution in [0.2, 0.25) is 0 Å². The summed E-state index contributed by atoms with van der Waals surface area (Å²) in [5.41, 5.74) is 2.22. The van der Waals surface area contributed by atoms with Gasteiger partial charge < -0.3 is 15.2 Å². The average Bonchev–Trinajstić information content (AvgIpc) is 3.18. The molecule has 2 N–H and O–H groups in total. The maximum atomic E-state index is 4.42. The van der Waals surface area contributed by atoms with E-state index in [9.17, 15) is 0 Å². The molecule has 0 spiro atoms. The second kappa shape index (κ2) is 8.94. The third-order valence-corrected chi connectivity index (χ3v) is 5.86. The highest BCUT2D eigenvalue weighted by molar-refractivity contribution is 14.0. The van der Waals surface area contributed by atoms with Gasteiger partial charge in [-0.3, -0.25) is 4.99 Å². The summed E-state index contributed by atoms with van der Waals surface area (Å²) in [5.74, 6) is 2.15. The Morgan fingerprint density at radius 1 is 1.38 bits per heavy atom. The van der Waals surface area contributed by atoms with Crippen LogP contribution in [0.25, 0.3) is 11.0 Å². The molecule has 1 saturated heterocycles. The lowest BCUT2D eigenvalue weighted by molar-refractivity contribution is 0.581. The number of fused-ring (bicyclic) bond motifs is 1. The molecule has 1 fully saturated rings. The van der Waals surface area contributed by atoms with E-state index in [4.69, 9.17) is 0 Å². The zero-order valence-electron chi connectivity index (χ0n) is 14.3. The first-order valence-electron chi connectivity index (χ1n) is 8.19. The fourth-order valence-corrected chi connectivity index (χ4v) is 4.20. The number of nitrogens with one attached hydrogen (secondary N) is 2. The smallest absolute Gasteiger partial charge is 0.191 e. The van der Waals surface area contributed by atoms with Gasteiger partial charge in [0.05, 0.1) is 17.4 Å². The summed E-state index contributed by atoms with van der Waals surface area (Å²) in [4.78, 5) is 8.74. The molecule has 2 heterocycles. The lowest BCUT2D eigenvalue weighted by Crippen LogP contribution is -2.44. The number of halogens is 1. The number of aliphatic imine (C=N–C) groups is 1. The average molecular weight is 459 g/mol. The molecule has 1 aromatic carbocycles. The van der Waals surface area contributed by atoms with Crippen molar-refractivity contribution in [2.75, 3.05) is 25.9 Å². The van der Waals surface area contributed by atoms with E-state index in [1.165, 1.54) is 24.1 Å². The second-order valence-electron chi connectivity index (χ2n) is 6.18. The van der Waals surface area contributed by atoms with Crippen LogP contribution in [0.4, 0.5) is 0 Å². The molecule has 5 nitrogen and oxygen atoms in total. The maximum absolute atomic E-state index is 4.42. The number of benzene rings is 1. The van der Waals surface area contributed by atoms with Gasteiger partial charge in [-0.1, -0.05) is 12.1 Å². The van der Waals surface area contributed by atoms with Crippen molar-refractivity contribution in [1.82, 2.24) is 20.2 Å². The number of guanidine groups is 1.